The minimum atomic E-state index is 0.726. The highest BCUT2D eigenvalue weighted by Gasteiger charge is 2.35. The molecule has 0 N–H and O–H groups in total. The largest absolute Gasteiger partial charge is 0.300 e. The van der Waals surface area contributed by atoms with Crippen LogP contribution in [0.2, 0.25) is 0 Å². The van der Waals surface area contributed by atoms with Crippen molar-refractivity contribution in [1.29, 1.82) is 0 Å². The average Bonchev–Trinajstić information content (AvgIpc) is 2.25. The van der Waals surface area contributed by atoms with Gasteiger partial charge in [0.05, 0.1) is 0 Å². The highest BCUT2D eigenvalue weighted by Crippen LogP contribution is 2.29. The van der Waals surface area contributed by atoms with E-state index in [9.17, 15) is 0 Å². The molecule has 3 nitrogen and oxygen atoms in total. The maximum Gasteiger partial charge on any atom is 0.0351 e. The zero-order valence-electron chi connectivity index (χ0n) is 12.1. The van der Waals surface area contributed by atoms with E-state index >= 15 is 0 Å². The fourth-order valence-electron chi connectivity index (χ4n) is 3.58. The summed E-state index contributed by atoms with van der Waals surface area (Å²) in [6, 6.07) is 1.60. The number of nitrogens with zero attached hydrogens (tertiary/aromatic N) is 3. The number of likely N-dealkylation sites (tertiary alicyclic amines) is 1. The molecule has 104 valence electrons. The molecule has 3 fully saturated rings. The highest BCUT2D eigenvalue weighted by atomic mass is 15.4. The van der Waals surface area contributed by atoms with Gasteiger partial charge < -0.3 is 0 Å². The molecule has 1 aliphatic carbocycles. The third-order valence-electron chi connectivity index (χ3n) is 5.27. The lowest BCUT2D eigenvalue weighted by Gasteiger charge is -2.50. The molecular formula is C15H29N3. The zero-order chi connectivity index (χ0) is 12.5. The molecule has 0 aromatic heterocycles. The van der Waals surface area contributed by atoms with Gasteiger partial charge in [0.2, 0.25) is 0 Å². The van der Waals surface area contributed by atoms with Crippen molar-refractivity contribution in [3.63, 3.8) is 0 Å². The van der Waals surface area contributed by atoms with Gasteiger partial charge in [0.15, 0.2) is 0 Å². The van der Waals surface area contributed by atoms with Gasteiger partial charge in [-0.2, -0.15) is 0 Å². The molecule has 2 saturated heterocycles. The molecule has 1 saturated carbocycles. The third kappa shape index (κ3) is 2.73. The van der Waals surface area contributed by atoms with E-state index in [0.717, 1.165) is 18.0 Å². The van der Waals surface area contributed by atoms with Crippen molar-refractivity contribution in [2.75, 3.05) is 45.8 Å². The summed E-state index contributed by atoms with van der Waals surface area (Å²) in [5.74, 6) is 1.05. The quantitative estimate of drug-likeness (QED) is 0.750. The number of rotatable bonds is 4. The molecule has 2 aliphatic heterocycles. The summed E-state index contributed by atoms with van der Waals surface area (Å²) in [6.45, 7) is 13.9. The van der Waals surface area contributed by atoms with Gasteiger partial charge in [-0.15, -0.1) is 0 Å². The molecule has 0 unspecified atom stereocenters. The molecule has 0 radical (unpaired) electrons. The van der Waals surface area contributed by atoms with Crippen LogP contribution in [0.5, 0.6) is 0 Å². The summed E-state index contributed by atoms with van der Waals surface area (Å²) < 4.78 is 0. The van der Waals surface area contributed by atoms with Crippen LogP contribution in [0, 0.1) is 5.92 Å². The van der Waals surface area contributed by atoms with Gasteiger partial charge in [0.1, 0.15) is 0 Å². The standard InChI is InChI=1S/C15H29N3/c1-13(2)17-6-8-18(9-7-17)15-11-16(12-15)10-14-4-3-5-14/h13-15H,3-12H2,1-2H3. The van der Waals surface area contributed by atoms with Gasteiger partial charge in [-0.25, -0.2) is 0 Å². The van der Waals surface area contributed by atoms with Crippen molar-refractivity contribution in [2.24, 2.45) is 5.92 Å². The van der Waals surface area contributed by atoms with Crippen LogP contribution in [-0.4, -0.2) is 72.6 Å². The highest BCUT2D eigenvalue weighted by molar-refractivity contribution is 4.92. The Morgan fingerprint density at radius 3 is 2.17 bits per heavy atom. The fraction of sp³-hybridized carbons (Fsp3) is 1.00. The van der Waals surface area contributed by atoms with Crippen molar-refractivity contribution < 1.29 is 0 Å². The SMILES string of the molecule is CC(C)N1CCN(C2CN(CC3CCC3)C2)CC1. The Kier molecular flexibility index (Phi) is 3.92. The number of hydrogen-bond acceptors (Lipinski definition) is 3. The van der Waals surface area contributed by atoms with Gasteiger partial charge in [0.25, 0.3) is 0 Å². The molecule has 3 heteroatoms. The van der Waals surface area contributed by atoms with Gasteiger partial charge in [-0.1, -0.05) is 6.42 Å². The second-order valence-electron chi connectivity index (χ2n) is 6.83. The summed E-state index contributed by atoms with van der Waals surface area (Å²) >= 11 is 0. The van der Waals surface area contributed by atoms with Crippen molar-refractivity contribution in [3.05, 3.63) is 0 Å². The monoisotopic (exact) mass is 251 g/mol. The second kappa shape index (κ2) is 5.48. The van der Waals surface area contributed by atoms with E-state index in [0.29, 0.717) is 0 Å². The zero-order valence-corrected chi connectivity index (χ0v) is 12.1. The Morgan fingerprint density at radius 2 is 1.67 bits per heavy atom. The predicted molar refractivity (Wildman–Crippen MR) is 75.9 cm³/mol. The van der Waals surface area contributed by atoms with E-state index in [1.807, 2.05) is 0 Å². The summed E-state index contributed by atoms with van der Waals surface area (Å²) in [6.07, 6.45) is 4.47. The van der Waals surface area contributed by atoms with Crippen LogP contribution in [0.4, 0.5) is 0 Å². The van der Waals surface area contributed by atoms with Crippen LogP contribution < -0.4 is 0 Å². The average molecular weight is 251 g/mol. The molecule has 0 aromatic rings. The molecule has 18 heavy (non-hydrogen) atoms. The van der Waals surface area contributed by atoms with Crippen LogP contribution in [-0.2, 0) is 0 Å². The lowest BCUT2D eigenvalue weighted by Crippen LogP contribution is -2.64. The van der Waals surface area contributed by atoms with Gasteiger partial charge in [0, 0.05) is 57.9 Å². The maximum absolute atomic E-state index is 2.73. The number of piperazine rings is 1. The Labute approximate surface area is 112 Å². The molecule has 3 rings (SSSR count). The summed E-state index contributed by atoms with van der Waals surface area (Å²) in [4.78, 5) is 8.03. The van der Waals surface area contributed by atoms with Crippen LogP contribution >= 0.6 is 0 Å². The van der Waals surface area contributed by atoms with E-state index < -0.39 is 0 Å². The van der Waals surface area contributed by atoms with E-state index in [-0.39, 0.29) is 0 Å². The molecule has 3 aliphatic rings. The Hall–Kier alpha value is -0.120. The van der Waals surface area contributed by atoms with Crippen LogP contribution in [0.25, 0.3) is 0 Å². The summed E-state index contributed by atoms with van der Waals surface area (Å²) in [7, 11) is 0. The molecule has 0 atom stereocenters. The normalized spacial score (nSPS) is 29.5. The van der Waals surface area contributed by atoms with E-state index in [1.54, 1.807) is 0 Å². The third-order valence-corrected chi connectivity index (χ3v) is 5.27. The van der Waals surface area contributed by atoms with Crippen molar-refractivity contribution in [1.82, 2.24) is 14.7 Å². The van der Waals surface area contributed by atoms with E-state index in [4.69, 9.17) is 0 Å². The summed E-state index contributed by atoms with van der Waals surface area (Å²) in [5.41, 5.74) is 0. The molecule has 2 heterocycles. The molecular weight excluding hydrogens is 222 g/mol. The topological polar surface area (TPSA) is 9.72 Å². The first-order chi connectivity index (χ1) is 8.72. The molecule has 0 spiro atoms. The molecule has 0 bridgehead atoms. The van der Waals surface area contributed by atoms with Gasteiger partial charge in [-0.3, -0.25) is 14.7 Å². The van der Waals surface area contributed by atoms with Crippen LogP contribution in [0.3, 0.4) is 0 Å². The Bertz CT molecular complexity index is 261. The lowest BCUT2D eigenvalue weighted by atomic mass is 9.84. The first-order valence-corrected chi connectivity index (χ1v) is 7.93. The number of hydrogen-bond donors (Lipinski definition) is 0. The van der Waals surface area contributed by atoms with Crippen LogP contribution in [0.1, 0.15) is 33.1 Å². The minimum Gasteiger partial charge on any atom is -0.300 e. The smallest absolute Gasteiger partial charge is 0.0351 e. The minimum absolute atomic E-state index is 0.726. The van der Waals surface area contributed by atoms with E-state index in [1.165, 1.54) is 65.1 Å². The second-order valence-corrected chi connectivity index (χ2v) is 6.83. The predicted octanol–water partition coefficient (Wildman–Crippen LogP) is 1.50. The van der Waals surface area contributed by atoms with Crippen molar-refractivity contribution in [3.8, 4) is 0 Å². The summed E-state index contributed by atoms with van der Waals surface area (Å²) in [5, 5.41) is 0. The van der Waals surface area contributed by atoms with Crippen molar-refractivity contribution in [2.45, 2.75) is 45.2 Å². The Morgan fingerprint density at radius 1 is 1.00 bits per heavy atom. The van der Waals surface area contributed by atoms with Gasteiger partial charge in [-0.05, 0) is 32.6 Å². The fourth-order valence-corrected chi connectivity index (χ4v) is 3.58. The first-order valence-electron chi connectivity index (χ1n) is 7.93. The lowest BCUT2D eigenvalue weighted by molar-refractivity contribution is -0.0120. The first kappa shape index (κ1) is 12.9. The van der Waals surface area contributed by atoms with Gasteiger partial charge >= 0.3 is 0 Å². The van der Waals surface area contributed by atoms with E-state index in [2.05, 4.69) is 28.5 Å². The molecule has 0 aromatic carbocycles. The van der Waals surface area contributed by atoms with Crippen LogP contribution in [0.15, 0.2) is 0 Å². The molecule has 0 amide bonds. The maximum atomic E-state index is 2.73. The van der Waals surface area contributed by atoms with Crippen molar-refractivity contribution >= 4 is 0 Å². The Balaban J connectivity index is 1.35.